The minimum Gasteiger partial charge on any atom is -0.370 e. The molecular formula is C52H44N4S. The fraction of sp³-hybridized carbons (Fsp3) is 0.154. The van der Waals surface area contributed by atoms with Gasteiger partial charge in [0.2, 0.25) is 0 Å². The molecule has 0 spiro atoms. The summed E-state index contributed by atoms with van der Waals surface area (Å²) in [5.74, 6) is 0.848. The number of aromatic nitrogens is 2. The van der Waals surface area contributed by atoms with Gasteiger partial charge in [-0.25, -0.2) is 0 Å². The van der Waals surface area contributed by atoms with Crippen LogP contribution in [0, 0.1) is 11.8 Å². The molecule has 278 valence electrons. The predicted molar refractivity (Wildman–Crippen MR) is 241 cm³/mol. The summed E-state index contributed by atoms with van der Waals surface area (Å²) in [4.78, 5) is 1.29. The van der Waals surface area contributed by atoms with Crippen molar-refractivity contribution < 1.29 is 0 Å². The molecule has 0 bridgehead atoms. The molecule has 5 aromatic carbocycles. The van der Waals surface area contributed by atoms with Gasteiger partial charge in [0.15, 0.2) is 0 Å². The number of benzene rings is 5. The zero-order valence-corrected chi connectivity index (χ0v) is 32.5. The summed E-state index contributed by atoms with van der Waals surface area (Å²) in [6.45, 7) is 0.668. The summed E-state index contributed by atoms with van der Waals surface area (Å²) >= 11 is 1.94. The predicted octanol–water partition coefficient (Wildman–Crippen LogP) is 11.8. The van der Waals surface area contributed by atoms with Gasteiger partial charge in [0.25, 0.3) is 0 Å². The Morgan fingerprint density at radius 2 is 1.46 bits per heavy atom. The van der Waals surface area contributed by atoms with Crippen LogP contribution < -0.4 is 11.1 Å². The van der Waals surface area contributed by atoms with E-state index in [4.69, 9.17) is 5.73 Å². The first-order valence-electron chi connectivity index (χ1n) is 20.3. The Kier molecular flexibility index (Phi) is 8.52. The van der Waals surface area contributed by atoms with Crippen LogP contribution in [-0.2, 0) is 13.1 Å². The second-order valence-corrected chi connectivity index (χ2v) is 17.0. The average Bonchev–Trinajstić information content (AvgIpc) is 3.93. The molecule has 2 aromatic heterocycles. The molecule has 0 saturated heterocycles. The van der Waals surface area contributed by atoms with Crippen LogP contribution in [0.25, 0.3) is 55.6 Å². The Morgan fingerprint density at radius 3 is 2.33 bits per heavy atom. The van der Waals surface area contributed by atoms with Crippen LogP contribution in [0.5, 0.6) is 0 Å². The van der Waals surface area contributed by atoms with Gasteiger partial charge in [0.05, 0.1) is 23.2 Å². The third-order valence-electron chi connectivity index (χ3n) is 12.5. The number of allylic oxidation sites excluding steroid dienone is 7. The highest BCUT2D eigenvalue weighted by Crippen LogP contribution is 2.47. The molecule has 1 aliphatic heterocycles. The Balaban J connectivity index is 0.955. The summed E-state index contributed by atoms with van der Waals surface area (Å²) in [5, 5.41) is 8.27. The van der Waals surface area contributed by atoms with Gasteiger partial charge in [0.1, 0.15) is 0 Å². The van der Waals surface area contributed by atoms with Gasteiger partial charge in [0, 0.05) is 67.2 Å². The van der Waals surface area contributed by atoms with Crippen molar-refractivity contribution in [2.24, 2.45) is 17.6 Å². The Hall–Kier alpha value is -6.01. The molecule has 5 unspecified atom stereocenters. The number of rotatable bonds is 8. The summed E-state index contributed by atoms with van der Waals surface area (Å²) in [7, 11) is 0. The van der Waals surface area contributed by atoms with Crippen LogP contribution >= 0.6 is 11.8 Å². The molecule has 3 heterocycles. The summed E-state index contributed by atoms with van der Waals surface area (Å²) < 4.78 is 4.94. The topological polar surface area (TPSA) is 47.9 Å². The first-order valence-corrected chi connectivity index (χ1v) is 21.1. The van der Waals surface area contributed by atoms with E-state index in [2.05, 4.69) is 197 Å². The van der Waals surface area contributed by atoms with Crippen LogP contribution in [0.2, 0.25) is 0 Å². The molecule has 57 heavy (non-hydrogen) atoms. The Labute approximate surface area is 338 Å². The first kappa shape index (κ1) is 34.3. The highest BCUT2D eigenvalue weighted by Gasteiger charge is 2.37. The Bertz CT molecular complexity index is 2880. The molecule has 11 rings (SSSR count). The molecule has 7 aromatic rings. The number of hydrogen-bond acceptors (Lipinski definition) is 3. The summed E-state index contributed by atoms with van der Waals surface area (Å²) in [6, 6.07) is 44.5. The lowest BCUT2D eigenvalue weighted by Crippen LogP contribution is -2.33. The maximum Gasteiger partial charge on any atom is 0.0923 e. The van der Waals surface area contributed by atoms with Gasteiger partial charge in [-0.3, -0.25) is 0 Å². The fourth-order valence-corrected chi connectivity index (χ4v) is 11.2. The third-order valence-corrected chi connectivity index (χ3v) is 14.0. The van der Waals surface area contributed by atoms with E-state index in [0.29, 0.717) is 17.8 Å². The number of para-hydroxylation sites is 2. The molecule has 5 heteroatoms. The standard InChI is InChI=1S/C52H44N4S/c53-50(35-16-5-2-6-17-35)52-51(43-22-9-12-25-49(43)57-52)54-33-55-45-23-10-7-20-40(45)42-28-26-38(32-48(42)55)37-27-29-47-44(31-37)41-21-8-11-24-46(41)56(47)39-19-13-18-36(30-39)34-14-3-1-4-15-34/h1-16,18-30,32,35,37,43,49-50,54H,17,31,33,53H2. The van der Waals surface area contributed by atoms with Gasteiger partial charge >= 0.3 is 0 Å². The van der Waals surface area contributed by atoms with E-state index in [1.54, 1.807) is 0 Å². The molecule has 0 radical (unpaired) electrons. The fourth-order valence-electron chi connectivity index (χ4n) is 9.66. The highest BCUT2D eigenvalue weighted by atomic mass is 32.2. The number of nitrogens with two attached hydrogens (primary N) is 1. The van der Waals surface area contributed by atoms with E-state index in [9.17, 15) is 0 Å². The number of fused-ring (bicyclic) bond motifs is 7. The van der Waals surface area contributed by atoms with Crippen LogP contribution in [0.1, 0.15) is 29.2 Å². The number of nitrogens with one attached hydrogen (secondary N) is 1. The lowest BCUT2D eigenvalue weighted by Gasteiger charge is -2.24. The third kappa shape index (κ3) is 5.87. The van der Waals surface area contributed by atoms with Crippen LogP contribution in [0.3, 0.4) is 0 Å². The lowest BCUT2D eigenvalue weighted by molar-refractivity contribution is 0.549. The zero-order valence-electron chi connectivity index (χ0n) is 31.7. The number of thioether (sulfide) groups is 1. The van der Waals surface area contributed by atoms with Gasteiger partial charge in [-0.2, -0.15) is 0 Å². The van der Waals surface area contributed by atoms with Gasteiger partial charge in [-0.1, -0.05) is 146 Å². The SMILES string of the molecule is NC(C1=C(NCn2c3ccccc3c3ccc(C4C=Cc5c(c6ccccc6n5-c5cccc(-c6ccccc6)c5)C4)cc32)C2C=CC=CC2S1)C1C=CC=CC1. The minimum absolute atomic E-state index is 0.0439. The second kappa shape index (κ2) is 14.2. The monoisotopic (exact) mass is 756 g/mol. The van der Waals surface area contributed by atoms with Crippen LogP contribution in [0.4, 0.5) is 0 Å². The van der Waals surface area contributed by atoms with Crippen molar-refractivity contribution in [1.29, 1.82) is 0 Å². The summed E-state index contributed by atoms with van der Waals surface area (Å²) in [5.41, 5.74) is 19.8. The maximum atomic E-state index is 7.10. The lowest BCUT2D eigenvalue weighted by atomic mass is 9.86. The van der Waals surface area contributed by atoms with Crippen molar-refractivity contribution in [2.45, 2.75) is 36.7 Å². The van der Waals surface area contributed by atoms with E-state index in [-0.39, 0.29) is 17.9 Å². The molecule has 3 aliphatic carbocycles. The maximum absolute atomic E-state index is 7.10. The molecule has 0 fully saturated rings. The van der Waals surface area contributed by atoms with E-state index < -0.39 is 0 Å². The van der Waals surface area contributed by atoms with Crippen molar-refractivity contribution in [1.82, 2.24) is 14.5 Å². The van der Waals surface area contributed by atoms with Gasteiger partial charge < -0.3 is 20.2 Å². The highest BCUT2D eigenvalue weighted by molar-refractivity contribution is 8.04. The van der Waals surface area contributed by atoms with Crippen LogP contribution in [-0.4, -0.2) is 20.4 Å². The van der Waals surface area contributed by atoms with Crippen molar-refractivity contribution in [3.8, 4) is 16.8 Å². The molecule has 4 aliphatic rings. The number of nitrogens with zero attached hydrogens (tertiary/aromatic N) is 2. The average molecular weight is 757 g/mol. The molecule has 0 saturated carbocycles. The Morgan fingerprint density at radius 1 is 0.684 bits per heavy atom. The van der Waals surface area contributed by atoms with Gasteiger partial charge in [-0.15, -0.1) is 11.8 Å². The van der Waals surface area contributed by atoms with Crippen molar-refractivity contribution >= 4 is 50.5 Å². The quantitative estimate of drug-likeness (QED) is 0.162. The zero-order chi connectivity index (χ0) is 37.9. The van der Waals surface area contributed by atoms with E-state index in [0.717, 1.165) is 12.8 Å². The largest absolute Gasteiger partial charge is 0.370 e. The number of hydrogen-bond donors (Lipinski definition) is 2. The van der Waals surface area contributed by atoms with Gasteiger partial charge in [-0.05, 0) is 71.5 Å². The summed E-state index contributed by atoms with van der Waals surface area (Å²) in [6.07, 6.45) is 24.6. The van der Waals surface area contributed by atoms with Crippen molar-refractivity contribution in [3.63, 3.8) is 0 Å². The smallest absolute Gasteiger partial charge is 0.0923 e. The second-order valence-electron chi connectivity index (χ2n) is 15.8. The van der Waals surface area contributed by atoms with Crippen LogP contribution in [0.15, 0.2) is 187 Å². The molecular weight excluding hydrogens is 713 g/mol. The normalized spacial score (nSPS) is 21.5. The van der Waals surface area contributed by atoms with Crippen molar-refractivity contribution in [2.75, 3.05) is 0 Å². The first-order chi connectivity index (χ1) is 28.2. The molecule has 5 atom stereocenters. The minimum atomic E-state index is -0.0439. The van der Waals surface area contributed by atoms with E-state index >= 15 is 0 Å². The molecule has 0 amide bonds. The van der Waals surface area contributed by atoms with Crippen molar-refractivity contribution in [3.05, 3.63) is 203 Å². The molecule has 3 N–H and O–H groups in total. The molecule has 4 nitrogen and oxygen atoms in total. The van der Waals surface area contributed by atoms with E-state index in [1.165, 1.54) is 76.9 Å². The van der Waals surface area contributed by atoms with E-state index in [1.807, 2.05) is 11.8 Å².